The molecule has 2 amide bonds. The maximum atomic E-state index is 13.3. The van der Waals surface area contributed by atoms with Crippen LogP contribution in [-0.2, 0) is 22.3 Å². The second-order valence-corrected chi connectivity index (χ2v) is 7.75. The van der Waals surface area contributed by atoms with E-state index in [4.69, 9.17) is 9.47 Å². The Bertz CT molecular complexity index is 1170. The number of rotatable bonds is 5. The number of thioether (sulfide) groups is 1. The van der Waals surface area contributed by atoms with E-state index in [-0.39, 0.29) is 16.8 Å². The summed E-state index contributed by atoms with van der Waals surface area (Å²) in [5.74, 6) is -1.34. The lowest BCUT2D eigenvalue weighted by Gasteiger charge is -2.18. The Hall–Kier alpha value is -3.41. The summed E-state index contributed by atoms with van der Waals surface area (Å²) >= 11 is 1.20. The lowest BCUT2D eigenvalue weighted by molar-refractivity contribution is -0.147. The fourth-order valence-electron chi connectivity index (χ4n) is 3.07. The molecule has 0 unspecified atom stereocenters. The van der Waals surface area contributed by atoms with Crippen LogP contribution in [-0.4, -0.2) is 40.3 Å². The maximum absolute atomic E-state index is 13.3. The second-order valence-electron chi connectivity index (χ2n) is 6.70. The van der Waals surface area contributed by atoms with Gasteiger partial charge in [0.05, 0.1) is 16.8 Å². The highest BCUT2D eigenvalue weighted by molar-refractivity contribution is 8.00. The minimum atomic E-state index is -4.73. The van der Waals surface area contributed by atoms with E-state index in [0.717, 1.165) is 9.46 Å². The molecule has 168 valence electrons. The van der Waals surface area contributed by atoms with Gasteiger partial charge in [-0.05, 0) is 30.3 Å². The molecule has 0 fully saturated rings. The molecule has 0 saturated heterocycles. The van der Waals surface area contributed by atoms with E-state index in [9.17, 15) is 22.8 Å². The van der Waals surface area contributed by atoms with Gasteiger partial charge >= 0.3 is 6.18 Å². The van der Waals surface area contributed by atoms with E-state index in [0.29, 0.717) is 24.7 Å². The first-order chi connectivity index (χ1) is 15.3. The number of imidazole rings is 1. The lowest BCUT2D eigenvalue weighted by atomic mass is 10.3. The van der Waals surface area contributed by atoms with E-state index in [2.05, 4.69) is 15.8 Å². The Morgan fingerprint density at radius 2 is 1.75 bits per heavy atom. The molecule has 2 heterocycles. The first-order valence-electron chi connectivity index (χ1n) is 9.44. The summed E-state index contributed by atoms with van der Waals surface area (Å²) in [5.41, 5.74) is 4.62. The van der Waals surface area contributed by atoms with Crippen molar-refractivity contribution in [1.82, 2.24) is 20.4 Å². The van der Waals surface area contributed by atoms with E-state index < -0.39 is 30.4 Å². The highest BCUT2D eigenvalue weighted by Gasteiger charge is 2.38. The SMILES string of the molecule is O=C(CSc1ccc2c(c1)OCCO2)NNC(=O)Cn1c(C(F)(F)F)nc2ccccc21. The Morgan fingerprint density at radius 3 is 2.53 bits per heavy atom. The van der Waals surface area contributed by atoms with E-state index >= 15 is 0 Å². The number of carbonyl (C=O) groups is 2. The average molecular weight is 466 g/mol. The number of halogens is 3. The van der Waals surface area contributed by atoms with Gasteiger partial charge in [-0.2, -0.15) is 13.2 Å². The molecule has 1 aliphatic rings. The van der Waals surface area contributed by atoms with Crippen LogP contribution >= 0.6 is 11.8 Å². The number of benzene rings is 2. The Balaban J connectivity index is 1.33. The zero-order chi connectivity index (χ0) is 22.7. The van der Waals surface area contributed by atoms with Gasteiger partial charge in [-0.15, -0.1) is 11.8 Å². The largest absolute Gasteiger partial charge is 0.486 e. The minimum absolute atomic E-state index is 0.0261. The summed E-state index contributed by atoms with van der Waals surface area (Å²) < 4.78 is 51.6. The Kier molecular flexibility index (Phi) is 6.12. The van der Waals surface area contributed by atoms with Crippen LogP contribution in [0.4, 0.5) is 13.2 Å². The lowest BCUT2D eigenvalue weighted by Crippen LogP contribution is -2.44. The van der Waals surface area contributed by atoms with Crippen LogP contribution in [0.1, 0.15) is 5.82 Å². The van der Waals surface area contributed by atoms with Gasteiger partial charge in [0.2, 0.25) is 11.7 Å². The topological polar surface area (TPSA) is 94.5 Å². The molecule has 1 aliphatic heterocycles. The molecule has 2 aromatic carbocycles. The number of nitrogens with zero attached hydrogens (tertiary/aromatic N) is 2. The normalized spacial score (nSPS) is 13.1. The summed E-state index contributed by atoms with van der Waals surface area (Å²) in [4.78, 5) is 28.6. The molecule has 4 rings (SSSR count). The molecule has 0 atom stereocenters. The van der Waals surface area contributed by atoms with Gasteiger partial charge in [0.25, 0.3) is 5.91 Å². The molecule has 2 N–H and O–H groups in total. The number of carbonyl (C=O) groups excluding carboxylic acids is 2. The van der Waals surface area contributed by atoms with Crippen molar-refractivity contribution in [1.29, 1.82) is 0 Å². The number of amides is 2. The molecule has 12 heteroatoms. The van der Waals surface area contributed by atoms with Crippen LogP contribution in [0.2, 0.25) is 0 Å². The van der Waals surface area contributed by atoms with Crippen molar-refractivity contribution in [3.63, 3.8) is 0 Å². The molecule has 0 spiro atoms. The van der Waals surface area contributed by atoms with Gasteiger partial charge in [0.15, 0.2) is 11.5 Å². The smallest absolute Gasteiger partial charge is 0.449 e. The summed E-state index contributed by atoms with van der Waals surface area (Å²) in [7, 11) is 0. The van der Waals surface area contributed by atoms with Gasteiger partial charge in [-0.1, -0.05) is 12.1 Å². The summed E-state index contributed by atoms with van der Waals surface area (Å²) in [6, 6.07) is 11.2. The van der Waals surface area contributed by atoms with Gasteiger partial charge in [0, 0.05) is 4.90 Å². The molecule has 32 heavy (non-hydrogen) atoms. The van der Waals surface area contributed by atoms with E-state index in [1.54, 1.807) is 30.3 Å². The van der Waals surface area contributed by atoms with Crippen LogP contribution in [0.15, 0.2) is 47.4 Å². The van der Waals surface area contributed by atoms with Crippen LogP contribution in [0, 0.1) is 0 Å². The third-order valence-corrected chi connectivity index (χ3v) is 5.43. The molecular weight excluding hydrogens is 449 g/mol. The van der Waals surface area contributed by atoms with Crippen LogP contribution in [0.3, 0.4) is 0 Å². The monoisotopic (exact) mass is 466 g/mol. The zero-order valence-corrected chi connectivity index (χ0v) is 17.3. The number of hydrazine groups is 1. The molecule has 0 radical (unpaired) electrons. The highest BCUT2D eigenvalue weighted by atomic mass is 32.2. The van der Waals surface area contributed by atoms with Crippen LogP contribution < -0.4 is 20.3 Å². The van der Waals surface area contributed by atoms with Crippen molar-refractivity contribution in [2.75, 3.05) is 19.0 Å². The second kappa shape index (κ2) is 8.99. The van der Waals surface area contributed by atoms with E-state index in [1.807, 2.05) is 0 Å². The number of aromatic nitrogens is 2. The third-order valence-electron chi connectivity index (χ3n) is 4.43. The third kappa shape index (κ3) is 4.90. The fraction of sp³-hybridized carbons (Fsp3) is 0.250. The first-order valence-corrected chi connectivity index (χ1v) is 10.4. The summed E-state index contributed by atoms with van der Waals surface area (Å²) in [6.07, 6.45) is -4.73. The Morgan fingerprint density at radius 1 is 1.03 bits per heavy atom. The van der Waals surface area contributed by atoms with Gasteiger partial charge < -0.3 is 14.0 Å². The van der Waals surface area contributed by atoms with Crippen molar-refractivity contribution in [3.8, 4) is 11.5 Å². The maximum Gasteiger partial charge on any atom is 0.449 e. The van der Waals surface area contributed by atoms with Crippen LogP contribution in [0.5, 0.6) is 11.5 Å². The molecule has 0 aliphatic carbocycles. The number of alkyl halides is 3. The van der Waals surface area contributed by atoms with Crippen molar-refractivity contribution in [3.05, 3.63) is 48.3 Å². The summed E-state index contributed by atoms with van der Waals surface area (Å²) in [5, 5.41) is 0. The fourth-order valence-corrected chi connectivity index (χ4v) is 3.80. The van der Waals surface area contributed by atoms with Crippen molar-refractivity contribution in [2.24, 2.45) is 0 Å². The molecule has 3 aromatic rings. The molecular formula is C20H17F3N4O4S. The molecule has 0 bridgehead atoms. The first kappa shape index (κ1) is 21.8. The van der Waals surface area contributed by atoms with Crippen LogP contribution in [0.25, 0.3) is 11.0 Å². The molecule has 0 saturated carbocycles. The number of para-hydroxylation sites is 2. The summed E-state index contributed by atoms with van der Waals surface area (Å²) in [6.45, 7) is 0.252. The Labute approximate surface area is 184 Å². The standard InChI is InChI=1S/C20H17F3N4O4S/c21-20(22,23)19-24-13-3-1-2-4-14(13)27(19)10-17(28)25-26-18(29)11-32-12-5-6-15-16(9-12)31-8-7-30-15/h1-6,9H,7-8,10-11H2,(H,25,28)(H,26,29). The minimum Gasteiger partial charge on any atom is -0.486 e. The van der Waals surface area contributed by atoms with E-state index in [1.165, 1.54) is 23.9 Å². The van der Waals surface area contributed by atoms with Crippen molar-refractivity contribution < 1.29 is 32.2 Å². The number of fused-ring (bicyclic) bond motifs is 2. The van der Waals surface area contributed by atoms with Gasteiger partial charge in [-0.25, -0.2) is 4.98 Å². The zero-order valence-electron chi connectivity index (χ0n) is 16.4. The number of ether oxygens (including phenoxy) is 2. The molecule has 8 nitrogen and oxygen atoms in total. The van der Waals surface area contributed by atoms with Gasteiger partial charge in [0.1, 0.15) is 19.8 Å². The van der Waals surface area contributed by atoms with Crippen molar-refractivity contribution >= 4 is 34.6 Å². The molecule has 1 aromatic heterocycles. The number of hydrogen-bond acceptors (Lipinski definition) is 6. The predicted molar refractivity (Wildman–Crippen MR) is 109 cm³/mol. The number of hydrogen-bond donors (Lipinski definition) is 2. The average Bonchev–Trinajstić information content (AvgIpc) is 3.15. The van der Waals surface area contributed by atoms with Crippen molar-refractivity contribution in [2.45, 2.75) is 17.6 Å². The highest BCUT2D eigenvalue weighted by Crippen LogP contribution is 2.34. The number of nitrogens with one attached hydrogen (secondary N) is 2. The quantitative estimate of drug-likeness (QED) is 0.444. The van der Waals surface area contributed by atoms with Gasteiger partial charge in [-0.3, -0.25) is 20.4 Å². The predicted octanol–water partition coefficient (Wildman–Crippen LogP) is 2.77.